The molecule has 3 saturated heterocycles. The highest BCUT2D eigenvalue weighted by Gasteiger charge is 2.55. The van der Waals surface area contributed by atoms with Gasteiger partial charge in [0, 0.05) is 60.6 Å². The molecule has 1 amide bonds. The fraction of sp³-hybridized carbons (Fsp3) is 0.429. The standard InChI is InChI=1S/C35H38Cl2F3N5O3S/c1-2-48-29-21-25(35(38,39)40)7-12-28(29)34(33(47)45-15-13-44(14-16-45)30-22-43(17-19-46)18-20-49-30)41-31(23-3-8-26(36)9-4-23)32(42-34)24-5-10-27(37)11-6-24/h3-12,19,21,30-32,41-42H,2,13-18,20,22H2,1H3. The van der Waals surface area contributed by atoms with Gasteiger partial charge >= 0.3 is 6.18 Å². The highest BCUT2D eigenvalue weighted by Crippen LogP contribution is 2.46. The number of nitrogens with one attached hydrogen (secondary N) is 2. The van der Waals surface area contributed by atoms with Crippen LogP contribution >= 0.6 is 35.0 Å². The van der Waals surface area contributed by atoms with Crippen molar-refractivity contribution < 1.29 is 27.5 Å². The van der Waals surface area contributed by atoms with E-state index in [1.807, 2.05) is 36.0 Å². The average Bonchev–Trinajstić information content (AvgIpc) is 3.50. The van der Waals surface area contributed by atoms with Gasteiger partial charge in [0.25, 0.3) is 5.91 Å². The number of ether oxygens (including phenoxy) is 1. The summed E-state index contributed by atoms with van der Waals surface area (Å²) in [5.74, 6) is 0.563. The summed E-state index contributed by atoms with van der Waals surface area (Å²) in [7, 11) is 0. The maximum Gasteiger partial charge on any atom is 0.416 e. The number of piperazine rings is 1. The summed E-state index contributed by atoms with van der Waals surface area (Å²) in [5, 5.41) is 8.43. The predicted octanol–water partition coefficient (Wildman–Crippen LogP) is 5.96. The van der Waals surface area contributed by atoms with E-state index in [4.69, 9.17) is 27.9 Å². The first kappa shape index (κ1) is 36.0. The third-order valence-corrected chi connectivity index (χ3v) is 11.1. The molecule has 3 aliphatic rings. The smallest absolute Gasteiger partial charge is 0.416 e. The average molecular weight is 737 g/mol. The maximum absolute atomic E-state index is 15.1. The molecule has 8 nitrogen and oxygen atoms in total. The van der Waals surface area contributed by atoms with Crippen molar-refractivity contribution in [2.45, 2.75) is 36.2 Å². The van der Waals surface area contributed by atoms with Gasteiger partial charge in [-0.05, 0) is 54.4 Å². The summed E-state index contributed by atoms with van der Waals surface area (Å²) in [6.07, 6.45) is -3.68. The van der Waals surface area contributed by atoms with Crippen LogP contribution in [0.1, 0.15) is 41.3 Å². The number of benzene rings is 3. The maximum atomic E-state index is 15.1. The van der Waals surface area contributed by atoms with Crippen molar-refractivity contribution in [2.24, 2.45) is 0 Å². The van der Waals surface area contributed by atoms with Crippen molar-refractivity contribution >= 4 is 47.2 Å². The van der Waals surface area contributed by atoms with E-state index in [0.717, 1.165) is 48.4 Å². The van der Waals surface area contributed by atoms with Gasteiger partial charge in [0.05, 0.1) is 36.2 Å². The van der Waals surface area contributed by atoms with E-state index in [9.17, 15) is 18.0 Å². The third kappa shape index (κ3) is 7.75. The molecule has 0 bridgehead atoms. The second kappa shape index (κ2) is 15.2. The Morgan fingerprint density at radius 3 is 2.06 bits per heavy atom. The number of carbonyl (C=O) groups is 2. The molecule has 0 saturated carbocycles. The third-order valence-electron chi connectivity index (χ3n) is 9.34. The summed E-state index contributed by atoms with van der Waals surface area (Å²) >= 11 is 14.3. The molecule has 0 radical (unpaired) electrons. The van der Waals surface area contributed by atoms with Gasteiger partial charge in [-0.2, -0.15) is 13.2 Å². The number of aldehydes is 1. The number of amides is 1. The molecule has 14 heteroatoms. The van der Waals surface area contributed by atoms with Gasteiger partial charge in [-0.1, -0.05) is 53.5 Å². The number of thioether (sulfide) groups is 1. The number of nitrogens with zero attached hydrogens (tertiary/aromatic N) is 3. The van der Waals surface area contributed by atoms with Crippen molar-refractivity contribution in [1.29, 1.82) is 0 Å². The molecule has 3 aromatic rings. The SMILES string of the molecule is CCOc1cc(C(F)(F)F)ccc1C1(C(=O)N2CCN(C3CN(CC=O)CCS3)CC2)NC(c2ccc(Cl)cc2)C(c2ccc(Cl)cc2)N1. The zero-order valence-corrected chi connectivity index (χ0v) is 29.2. The van der Waals surface area contributed by atoms with E-state index < -0.39 is 29.5 Å². The van der Waals surface area contributed by atoms with Gasteiger partial charge in [0.15, 0.2) is 5.66 Å². The lowest BCUT2D eigenvalue weighted by Crippen LogP contribution is -2.63. The number of hydrogen-bond acceptors (Lipinski definition) is 8. The summed E-state index contributed by atoms with van der Waals surface area (Å²) < 4.78 is 47.7. The minimum absolute atomic E-state index is 0.0372. The van der Waals surface area contributed by atoms with Crippen LogP contribution in [0.3, 0.4) is 0 Å². The van der Waals surface area contributed by atoms with Gasteiger partial charge < -0.3 is 14.4 Å². The predicted molar refractivity (Wildman–Crippen MR) is 186 cm³/mol. The van der Waals surface area contributed by atoms with Crippen LogP contribution in [-0.2, 0) is 21.4 Å². The lowest BCUT2D eigenvalue weighted by atomic mass is 9.94. The zero-order valence-electron chi connectivity index (χ0n) is 26.9. The molecule has 0 spiro atoms. The highest BCUT2D eigenvalue weighted by molar-refractivity contribution is 7.99. The summed E-state index contributed by atoms with van der Waals surface area (Å²) in [4.78, 5) is 32.4. The van der Waals surface area contributed by atoms with Crippen molar-refractivity contribution in [3.05, 3.63) is 99.0 Å². The van der Waals surface area contributed by atoms with Gasteiger partial charge in [0.2, 0.25) is 0 Å². The normalized spacial score (nSPS) is 25.3. The largest absolute Gasteiger partial charge is 0.493 e. The van der Waals surface area contributed by atoms with Crippen LogP contribution in [-0.4, -0.2) is 90.4 Å². The van der Waals surface area contributed by atoms with E-state index in [2.05, 4.69) is 20.4 Å². The molecule has 0 aromatic heterocycles. The van der Waals surface area contributed by atoms with Crippen LogP contribution in [0.15, 0.2) is 66.7 Å². The van der Waals surface area contributed by atoms with Crippen LogP contribution in [0.2, 0.25) is 10.0 Å². The molecule has 2 N–H and O–H groups in total. The molecule has 3 fully saturated rings. The highest BCUT2D eigenvalue weighted by atomic mass is 35.5. The summed E-state index contributed by atoms with van der Waals surface area (Å²) in [6.45, 7) is 5.86. The number of hydrogen-bond donors (Lipinski definition) is 2. The molecule has 3 heterocycles. The Morgan fingerprint density at radius 2 is 1.53 bits per heavy atom. The van der Waals surface area contributed by atoms with E-state index in [1.54, 1.807) is 36.1 Å². The van der Waals surface area contributed by atoms with Crippen LogP contribution in [0.4, 0.5) is 13.2 Å². The molecular formula is C35H38Cl2F3N5O3S. The first-order chi connectivity index (χ1) is 23.5. The number of carbonyl (C=O) groups excluding carboxylic acids is 2. The Kier molecular flexibility index (Phi) is 11.1. The van der Waals surface area contributed by atoms with E-state index in [-0.39, 0.29) is 29.2 Å². The Labute approximate surface area is 298 Å². The second-order valence-electron chi connectivity index (χ2n) is 12.3. The molecular weight excluding hydrogens is 698 g/mol. The van der Waals surface area contributed by atoms with Crippen molar-refractivity contribution in [1.82, 2.24) is 25.3 Å². The van der Waals surface area contributed by atoms with Gasteiger partial charge in [-0.3, -0.25) is 25.2 Å². The number of rotatable bonds is 9. The lowest BCUT2D eigenvalue weighted by Gasteiger charge is -2.44. The Hall–Kier alpha value is -2.84. The zero-order chi connectivity index (χ0) is 34.8. The van der Waals surface area contributed by atoms with Crippen LogP contribution < -0.4 is 15.4 Å². The van der Waals surface area contributed by atoms with Crippen LogP contribution in [0, 0.1) is 0 Å². The quantitative estimate of drug-likeness (QED) is 0.261. The van der Waals surface area contributed by atoms with E-state index >= 15 is 4.79 Å². The van der Waals surface area contributed by atoms with Crippen molar-refractivity contribution in [2.75, 3.05) is 58.2 Å². The molecule has 0 aliphatic carbocycles. The first-order valence-corrected chi connectivity index (χ1v) is 18.0. The van der Waals surface area contributed by atoms with Crippen LogP contribution in [0.5, 0.6) is 5.75 Å². The monoisotopic (exact) mass is 735 g/mol. The molecule has 3 unspecified atom stereocenters. The summed E-state index contributed by atoms with van der Waals surface area (Å²) in [6, 6.07) is 16.8. The minimum Gasteiger partial charge on any atom is -0.493 e. The van der Waals surface area contributed by atoms with E-state index in [1.165, 1.54) is 6.07 Å². The molecule has 49 heavy (non-hydrogen) atoms. The van der Waals surface area contributed by atoms with Crippen molar-refractivity contribution in [3.63, 3.8) is 0 Å². The Bertz CT molecular complexity index is 1570. The van der Waals surface area contributed by atoms with Gasteiger partial charge in [-0.25, -0.2) is 0 Å². The Balaban J connectivity index is 1.39. The summed E-state index contributed by atoms with van der Waals surface area (Å²) in [5.41, 5.74) is -0.611. The van der Waals surface area contributed by atoms with E-state index in [0.29, 0.717) is 42.8 Å². The Morgan fingerprint density at radius 1 is 0.939 bits per heavy atom. The minimum atomic E-state index is -4.61. The number of alkyl halides is 3. The second-order valence-corrected chi connectivity index (χ2v) is 14.5. The fourth-order valence-corrected chi connectivity index (χ4v) is 8.49. The van der Waals surface area contributed by atoms with Crippen molar-refractivity contribution in [3.8, 4) is 5.75 Å². The molecule has 262 valence electrons. The van der Waals surface area contributed by atoms with Gasteiger partial charge in [0.1, 0.15) is 12.0 Å². The molecule has 6 rings (SSSR count). The molecule has 3 atom stereocenters. The number of halogens is 5. The topological polar surface area (TPSA) is 77.2 Å². The molecule has 3 aromatic carbocycles. The van der Waals surface area contributed by atoms with Gasteiger partial charge in [-0.15, -0.1) is 11.8 Å². The first-order valence-electron chi connectivity index (χ1n) is 16.2. The fourth-order valence-electron chi connectivity index (χ4n) is 6.87. The lowest BCUT2D eigenvalue weighted by molar-refractivity contribution is -0.141. The molecule has 3 aliphatic heterocycles. The van der Waals surface area contributed by atoms with Crippen LogP contribution in [0.25, 0.3) is 0 Å².